The van der Waals surface area contributed by atoms with Crippen LogP contribution in [0.25, 0.3) is 0 Å². The van der Waals surface area contributed by atoms with Gasteiger partial charge in [0.1, 0.15) is 4.60 Å². The summed E-state index contributed by atoms with van der Waals surface area (Å²) >= 11 is 8.13. The molecule has 0 unspecified atom stereocenters. The van der Waals surface area contributed by atoms with Crippen molar-refractivity contribution in [2.75, 3.05) is 20.1 Å². The zero-order chi connectivity index (χ0) is 11.1. The molecule has 1 rings (SSSR count). The first-order valence-electron chi connectivity index (χ1n) is 4.49. The highest BCUT2D eigenvalue weighted by Gasteiger charge is 1.99. The van der Waals surface area contributed by atoms with E-state index in [1.807, 2.05) is 6.07 Å². The third-order valence-electron chi connectivity index (χ3n) is 1.64. The van der Waals surface area contributed by atoms with Crippen LogP contribution < -0.4 is 16.0 Å². The molecule has 15 heavy (non-hydrogen) atoms. The molecule has 0 spiro atoms. The van der Waals surface area contributed by atoms with Gasteiger partial charge in [-0.25, -0.2) is 0 Å². The largest absolute Gasteiger partial charge is 0.366 e. The molecule has 0 bridgehead atoms. The second-order valence-corrected chi connectivity index (χ2v) is 4.02. The Morgan fingerprint density at radius 1 is 1.60 bits per heavy atom. The highest BCUT2D eigenvalue weighted by atomic mass is 79.9. The van der Waals surface area contributed by atoms with Crippen LogP contribution in [-0.4, -0.2) is 30.4 Å². The minimum Gasteiger partial charge on any atom is -0.366 e. The average molecular weight is 293 g/mol. The molecule has 1 heterocycles. The molecule has 0 aliphatic rings. The van der Waals surface area contributed by atoms with Crippen molar-refractivity contribution in [1.82, 2.24) is 21.1 Å². The van der Waals surface area contributed by atoms with Crippen LogP contribution in [0.4, 0.5) is 0 Å². The van der Waals surface area contributed by atoms with Crippen molar-refractivity contribution in [2.24, 2.45) is 0 Å². The van der Waals surface area contributed by atoms with Gasteiger partial charge in [-0.3, -0.25) is 0 Å². The number of rotatable bonds is 5. The molecule has 7 heteroatoms. The lowest BCUT2D eigenvalue weighted by Crippen LogP contribution is -2.36. The van der Waals surface area contributed by atoms with Crippen LogP contribution >= 0.6 is 28.1 Å². The SMILES string of the molecule is CNC(=S)NCCNCc1cc(Br)no1. The van der Waals surface area contributed by atoms with Crippen LogP contribution in [0.15, 0.2) is 15.2 Å². The fourth-order valence-electron chi connectivity index (χ4n) is 0.935. The van der Waals surface area contributed by atoms with Crippen LogP contribution in [0.1, 0.15) is 5.76 Å². The average Bonchev–Trinajstić information content (AvgIpc) is 2.63. The monoisotopic (exact) mass is 292 g/mol. The third-order valence-corrected chi connectivity index (χ3v) is 2.37. The molecule has 0 atom stereocenters. The van der Waals surface area contributed by atoms with Gasteiger partial charge in [0.2, 0.25) is 0 Å². The Kier molecular flexibility index (Phi) is 5.59. The molecule has 5 nitrogen and oxygen atoms in total. The van der Waals surface area contributed by atoms with Crippen LogP contribution in [-0.2, 0) is 6.54 Å². The molecule has 0 fully saturated rings. The van der Waals surface area contributed by atoms with Gasteiger partial charge < -0.3 is 20.5 Å². The van der Waals surface area contributed by atoms with E-state index in [1.54, 1.807) is 7.05 Å². The lowest BCUT2D eigenvalue weighted by atomic mass is 10.4. The Hall–Kier alpha value is -0.660. The van der Waals surface area contributed by atoms with Gasteiger partial charge in [0.25, 0.3) is 0 Å². The summed E-state index contributed by atoms with van der Waals surface area (Å²) in [6.07, 6.45) is 0. The second-order valence-electron chi connectivity index (χ2n) is 2.80. The Labute approximate surface area is 102 Å². The van der Waals surface area contributed by atoms with Crippen molar-refractivity contribution in [1.29, 1.82) is 0 Å². The van der Waals surface area contributed by atoms with Crippen LogP contribution in [0.2, 0.25) is 0 Å². The van der Waals surface area contributed by atoms with Gasteiger partial charge in [-0.2, -0.15) is 0 Å². The van der Waals surface area contributed by atoms with Gasteiger partial charge in [0, 0.05) is 26.2 Å². The summed E-state index contributed by atoms with van der Waals surface area (Å²) in [4.78, 5) is 0. The van der Waals surface area contributed by atoms with E-state index >= 15 is 0 Å². The second kappa shape index (κ2) is 6.76. The van der Waals surface area contributed by atoms with Gasteiger partial charge in [-0.05, 0) is 28.1 Å². The maximum atomic E-state index is 5.00. The van der Waals surface area contributed by atoms with Crippen LogP contribution in [0, 0.1) is 0 Å². The predicted molar refractivity (Wildman–Crippen MR) is 65.6 cm³/mol. The van der Waals surface area contributed by atoms with Crippen molar-refractivity contribution in [3.05, 3.63) is 16.4 Å². The summed E-state index contributed by atoms with van der Waals surface area (Å²) in [5.41, 5.74) is 0. The Bertz CT molecular complexity index is 317. The van der Waals surface area contributed by atoms with E-state index < -0.39 is 0 Å². The summed E-state index contributed by atoms with van der Waals surface area (Å²) in [6.45, 7) is 2.24. The van der Waals surface area contributed by atoms with E-state index in [2.05, 4.69) is 37.0 Å². The number of nitrogens with zero attached hydrogens (tertiary/aromatic N) is 1. The van der Waals surface area contributed by atoms with Crippen molar-refractivity contribution in [3.63, 3.8) is 0 Å². The van der Waals surface area contributed by atoms with Gasteiger partial charge in [-0.1, -0.05) is 5.16 Å². The zero-order valence-corrected chi connectivity index (χ0v) is 10.7. The van der Waals surface area contributed by atoms with Gasteiger partial charge in [0.15, 0.2) is 10.9 Å². The first-order valence-corrected chi connectivity index (χ1v) is 5.70. The van der Waals surface area contributed by atoms with E-state index in [4.69, 9.17) is 16.7 Å². The quantitative estimate of drug-likeness (QED) is 0.546. The third kappa shape index (κ3) is 5.10. The summed E-state index contributed by atoms with van der Waals surface area (Å²) < 4.78 is 5.71. The highest BCUT2D eigenvalue weighted by molar-refractivity contribution is 9.10. The Balaban J connectivity index is 2.05. The standard InChI is InChI=1S/C8H13BrN4OS/c1-10-8(15)12-3-2-11-5-6-4-7(9)13-14-6/h4,11H,2-3,5H2,1H3,(H2,10,12,15). The summed E-state index contributed by atoms with van der Waals surface area (Å²) in [6, 6.07) is 1.83. The summed E-state index contributed by atoms with van der Waals surface area (Å²) in [5, 5.41) is 13.4. The number of nitrogens with one attached hydrogen (secondary N) is 3. The van der Waals surface area contributed by atoms with Crippen LogP contribution in [0.3, 0.4) is 0 Å². The maximum absolute atomic E-state index is 5.00. The molecule has 0 radical (unpaired) electrons. The number of hydrogen-bond acceptors (Lipinski definition) is 4. The van der Waals surface area contributed by atoms with Crippen molar-refractivity contribution in [2.45, 2.75) is 6.54 Å². The van der Waals surface area contributed by atoms with Crippen molar-refractivity contribution >= 4 is 33.3 Å². The number of aromatic nitrogens is 1. The number of thiocarbonyl (C=S) groups is 1. The molecule has 0 amide bonds. The molecule has 0 aliphatic heterocycles. The predicted octanol–water partition coefficient (Wildman–Crippen LogP) is 0.621. The van der Waals surface area contributed by atoms with Gasteiger partial charge in [-0.15, -0.1) is 0 Å². The zero-order valence-electron chi connectivity index (χ0n) is 8.34. The first-order chi connectivity index (χ1) is 7.22. The fraction of sp³-hybridized carbons (Fsp3) is 0.500. The lowest BCUT2D eigenvalue weighted by Gasteiger charge is -2.06. The number of halogens is 1. The molecule has 0 saturated heterocycles. The van der Waals surface area contributed by atoms with E-state index in [0.717, 1.165) is 18.8 Å². The molecule has 1 aromatic heterocycles. The molecule has 0 aliphatic carbocycles. The van der Waals surface area contributed by atoms with E-state index in [-0.39, 0.29) is 0 Å². The summed E-state index contributed by atoms with van der Waals surface area (Å²) in [7, 11) is 1.79. The van der Waals surface area contributed by atoms with E-state index in [0.29, 0.717) is 16.3 Å². The molecule has 3 N–H and O–H groups in total. The maximum Gasteiger partial charge on any atom is 0.166 e. The smallest absolute Gasteiger partial charge is 0.166 e. The fourth-order valence-corrected chi connectivity index (χ4v) is 1.37. The lowest BCUT2D eigenvalue weighted by molar-refractivity contribution is 0.370. The Morgan fingerprint density at radius 3 is 3.00 bits per heavy atom. The van der Waals surface area contributed by atoms with E-state index in [1.165, 1.54) is 0 Å². The molecular formula is C8H13BrN4OS. The molecule has 1 aromatic rings. The van der Waals surface area contributed by atoms with Crippen molar-refractivity contribution in [3.8, 4) is 0 Å². The molecule has 84 valence electrons. The van der Waals surface area contributed by atoms with E-state index in [9.17, 15) is 0 Å². The Morgan fingerprint density at radius 2 is 2.40 bits per heavy atom. The van der Waals surface area contributed by atoms with Crippen LogP contribution in [0.5, 0.6) is 0 Å². The molecule has 0 aromatic carbocycles. The topological polar surface area (TPSA) is 62.1 Å². The van der Waals surface area contributed by atoms with Gasteiger partial charge >= 0.3 is 0 Å². The number of hydrogen-bond donors (Lipinski definition) is 3. The molecular weight excluding hydrogens is 280 g/mol. The highest BCUT2D eigenvalue weighted by Crippen LogP contribution is 2.08. The first kappa shape index (κ1) is 12.4. The summed E-state index contributed by atoms with van der Waals surface area (Å²) in [5.74, 6) is 0.804. The normalized spacial score (nSPS) is 10.0. The minimum atomic E-state index is 0.652. The van der Waals surface area contributed by atoms with Crippen molar-refractivity contribution < 1.29 is 4.52 Å². The molecule has 0 saturated carbocycles. The minimum absolute atomic E-state index is 0.652. The van der Waals surface area contributed by atoms with Gasteiger partial charge in [0.05, 0.1) is 6.54 Å².